The molecule has 148 valence electrons. The molecule has 3 aromatic rings. The molecule has 4 rings (SSSR count). The first kappa shape index (κ1) is 19.8. The normalized spacial score (nSPS) is 13.4. The first-order valence-corrected chi connectivity index (χ1v) is 11.1. The zero-order valence-electron chi connectivity index (χ0n) is 15.7. The summed E-state index contributed by atoms with van der Waals surface area (Å²) in [6, 6.07) is 12.4. The van der Waals surface area contributed by atoms with E-state index in [1.54, 1.807) is 34.9 Å². The summed E-state index contributed by atoms with van der Waals surface area (Å²) in [5.74, 6) is 0.160. The maximum absolute atomic E-state index is 12.8. The van der Waals surface area contributed by atoms with Gasteiger partial charge in [0.1, 0.15) is 0 Å². The van der Waals surface area contributed by atoms with Gasteiger partial charge in [0.25, 0.3) is 17.4 Å². The van der Waals surface area contributed by atoms with Crippen molar-refractivity contribution in [2.24, 2.45) is 0 Å². The molecule has 0 fully saturated rings. The van der Waals surface area contributed by atoms with Gasteiger partial charge >= 0.3 is 0 Å². The maximum atomic E-state index is 12.8. The van der Waals surface area contributed by atoms with Gasteiger partial charge in [-0.3, -0.25) is 23.9 Å². The largest absolute Gasteiger partial charge is 0.287 e. The number of hydrogen-bond acceptors (Lipinski definition) is 5. The molecule has 0 bridgehead atoms. The van der Waals surface area contributed by atoms with Crippen molar-refractivity contribution in [3.8, 4) is 0 Å². The van der Waals surface area contributed by atoms with Gasteiger partial charge in [-0.05, 0) is 43.7 Å². The number of hydrogen-bond donors (Lipinski definition) is 0. The van der Waals surface area contributed by atoms with Crippen LogP contribution < -0.4 is 5.56 Å². The average Bonchev–Trinajstić information content (AvgIpc) is 2.97. The van der Waals surface area contributed by atoms with E-state index in [0.29, 0.717) is 52.4 Å². The van der Waals surface area contributed by atoms with Crippen molar-refractivity contribution in [2.45, 2.75) is 25.0 Å². The van der Waals surface area contributed by atoms with E-state index in [1.165, 1.54) is 16.7 Å². The van der Waals surface area contributed by atoms with Crippen LogP contribution in [-0.2, 0) is 6.54 Å². The van der Waals surface area contributed by atoms with Crippen LogP contribution in [0.15, 0.2) is 56.9 Å². The van der Waals surface area contributed by atoms with Crippen LogP contribution in [0.3, 0.4) is 0 Å². The van der Waals surface area contributed by atoms with Crippen molar-refractivity contribution in [1.29, 1.82) is 0 Å². The van der Waals surface area contributed by atoms with Crippen LogP contribution in [0.1, 0.15) is 34.1 Å². The second-order valence-electron chi connectivity index (χ2n) is 6.61. The molecule has 1 aromatic heterocycles. The van der Waals surface area contributed by atoms with Crippen molar-refractivity contribution < 1.29 is 9.59 Å². The number of rotatable bonds is 6. The minimum absolute atomic E-state index is 0.0679. The quantitative estimate of drug-likeness (QED) is 0.235. The maximum Gasteiger partial charge on any atom is 0.262 e. The second-order valence-corrected chi connectivity index (χ2v) is 8.59. The van der Waals surface area contributed by atoms with Gasteiger partial charge in [0, 0.05) is 23.3 Å². The van der Waals surface area contributed by atoms with Gasteiger partial charge in [0.2, 0.25) is 0 Å². The Kier molecular flexibility index (Phi) is 5.56. The van der Waals surface area contributed by atoms with E-state index in [-0.39, 0.29) is 17.4 Å². The SMILES string of the molecule is CCn1c(SCCCN2C(=O)c3ccccc3C2=O)nc2ccc(Br)cc2c1=O. The molecule has 2 amide bonds. The van der Waals surface area contributed by atoms with Crippen LogP contribution in [0.5, 0.6) is 0 Å². The molecule has 29 heavy (non-hydrogen) atoms. The average molecular weight is 472 g/mol. The number of carbonyl (C=O) groups is 2. The molecule has 1 aliphatic rings. The number of nitrogens with zero attached hydrogens (tertiary/aromatic N) is 3. The first-order chi connectivity index (χ1) is 14.0. The summed E-state index contributed by atoms with van der Waals surface area (Å²) in [7, 11) is 0. The number of halogens is 1. The molecule has 0 atom stereocenters. The summed E-state index contributed by atoms with van der Waals surface area (Å²) in [6.07, 6.45) is 0.619. The van der Waals surface area contributed by atoms with Gasteiger partial charge in [-0.25, -0.2) is 4.98 Å². The van der Waals surface area contributed by atoms with E-state index in [1.807, 2.05) is 19.1 Å². The highest BCUT2D eigenvalue weighted by molar-refractivity contribution is 9.10. The molecule has 0 spiro atoms. The molecular weight excluding hydrogens is 454 g/mol. The summed E-state index contributed by atoms with van der Waals surface area (Å²) in [5, 5.41) is 1.23. The number of benzene rings is 2. The van der Waals surface area contributed by atoms with Crippen LogP contribution in [0.4, 0.5) is 0 Å². The molecule has 2 aromatic carbocycles. The minimum atomic E-state index is -0.240. The van der Waals surface area contributed by atoms with Crippen LogP contribution in [0.25, 0.3) is 10.9 Å². The van der Waals surface area contributed by atoms with Gasteiger partial charge in [0.05, 0.1) is 22.0 Å². The Balaban J connectivity index is 1.46. The van der Waals surface area contributed by atoms with E-state index in [2.05, 4.69) is 20.9 Å². The zero-order valence-corrected chi connectivity index (χ0v) is 18.1. The summed E-state index contributed by atoms with van der Waals surface area (Å²) in [6.45, 7) is 2.78. The summed E-state index contributed by atoms with van der Waals surface area (Å²) >= 11 is 4.86. The van der Waals surface area contributed by atoms with Crippen molar-refractivity contribution in [2.75, 3.05) is 12.3 Å². The number of fused-ring (bicyclic) bond motifs is 2. The van der Waals surface area contributed by atoms with Crippen LogP contribution in [0.2, 0.25) is 0 Å². The fourth-order valence-corrected chi connectivity index (χ4v) is 4.74. The molecule has 8 heteroatoms. The third-order valence-corrected chi connectivity index (χ3v) is 6.39. The van der Waals surface area contributed by atoms with E-state index in [4.69, 9.17) is 0 Å². The Bertz CT molecular complexity index is 1160. The fraction of sp³-hybridized carbons (Fsp3) is 0.238. The van der Waals surface area contributed by atoms with Crippen LogP contribution >= 0.6 is 27.7 Å². The molecule has 0 saturated carbocycles. The predicted octanol–water partition coefficient (Wildman–Crippen LogP) is 3.96. The zero-order chi connectivity index (χ0) is 20.5. The molecule has 0 aliphatic carbocycles. The number of amides is 2. The summed E-state index contributed by atoms with van der Waals surface area (Å²) < 4.78 is 2.49. The van der Waals surface area contributed by atoms with E-state index in [0.717, 1.165) is 4.47 Å². The molecule has 0 unspecified atom stereocenters. The Hall–Kier alpha value is -2.45. The van der Waals surface area contributed by atoms with Gasteiger partial charge < -0.3 is 0 Å². The smallest absolute Gasteiger partial charge is 0.262 e. The van der Waals surface area contributed by atoms with Gasteiger partial charge in [-0.2, -0.15) is 0 Å². The number of carbonyl (C=O) groups excluding carboxylic acids is 2. The summed E-state index contributed by atoms with van der Waals surface area (Å²) in [5.41, 5.74) is 1.52. The first-order valence-electron chi connectivity index (χ1n) is 9.29. The molecule has 0 saturated heterocycles. The minimum Gasteiger partial charge on any atom is -0.287 e. The molecule has 0 N–H and O–H groups in total. The lowest BCUT2D eigenvalue weighted by Crippen LogP contribution is -2.31. The molecule has 0 radical (unpaired) electrons. The standard InChI is InChI=1S/C21H18BrN3O3S/c1-2-24-20(28)16-12-13(22)8-9-17(16)23-21(24)29-11-5-10-25-18(26)14-6-3-4-7-15(14)19(25)27/h3-4,6-9,12H,2,5,10-11H2,1H3. The monoisotopic (exact) mass is 471 g/mol. The lowest BCUT2D eigenvalue weighted by molar-refractivity contribution is 0.0655. The number of thioether (sulfide) groups is 1. The Morgan fingerprint density at radius 3 is 2.38 bits per heavy atom. The highest BCUT2D eigenvalue weighted by Gasteiger charge is 2.34. The third-order valence-electron chi connectivity index (χ3n) is 4.83. The highest BCUT2D eigenvalue weighted by Crippen LogP contribution is 2.24. The van der Waals surface area contributed by atoms with Crippen molar-refractivity contribution >= 4 is 50.4 Å². The van der Waals surface area contributed by atoms with E-state index >= 15 is 0 Å². The fourth-order valence-electron chi connectivity index (χ4n) is 3.39. The molecule has 2 heterocycles. The molecule has 1 aliphatic heterocycles. The number of imide groups is 1. The van der Waals surface area contributed by atoms with Gasteiger partial charge in [-0.15, -0.1) is 0 Å². The summed E-state index contributed by atoms with van der Waals surface area (Å²) in [4.78, 5) is 43.6. The van der Waals surface area contributed by atoms with Crippen LogP contribution in [-0.4, -0.2) is 38.6 Å². The lowest BCUT2D eigenvalue weighted by atomic mass is 10.1. The van der Waals surface area contributed by atoms with Gasteiger partial charge in [-0.1, -0.05) is 39.8 Å². The Morgan fingerprint density at radius 2 is 1.72 bits per heavy atom. The van der Waals surface area contributed by atoms with Crippen molar-refractivity contribution in [3.05, 3.63) is 68.4 Å². The topological polar surface area (TPSA) is 72.3 Å². The number of aromatic nitrogens is 2. The second kappa shape index (κ2) is 8.12. The van der Waals surface area contributed by atoms with E-state index < -0.39 is 0 Å². The molecule has 6 nitrogen and oxygen atoms in total. The van der Waals surface area contributed by atoms with E-state index in [9.17, 15) is 14.4 Å². The van der Waals surface area contributed by atoms with Gasteiger partial charge in [0.15, 0.2) is 5.16 Å². The van der Waals surface area contributed by atoms with Crippen molar-refractivity contribution in [3.63, 3.8) is 0 Å². The third kappa shape index (κ3) is 3.62. The predicted molar refractivity (Wildman–Crippen MR) is 117 cm³/mol. The van der Waals surface area contributed by atoms with Crippen molar-refractivity contribution in [1.82, 2.24) is 14.5 Å². The van der Waals surface area contributed by atoms with Crippen LogP contribution in [0, 0.1) is 0 Å². The Morgan fingerprint density at radius 1 is 1.03 bits per heavy atom. The Labute approximate surface area is 180 Å². The lowest BCUT2D eigenvalue weighted by Gasteiger charge is -2.14. The molecular formula is C21H18BrN3O3S. The highest BCUT2D eigenvalue weighted by atomic mass is 79.9.